The number of aromatic nitrogens is 2. The van der Waals surface area contributed by atoms with Gasteiger partial charge < -0.3 is 9.47 Å². The summed E-state index contributed by atoms with van der Waals surface area (Å²) in [6.07, 6.45) is 4.04. The van der Waals surface area contributed by atoms with Crippen molar-refractivity contribution in [3.63, 3.8) is 0 Å². The molecule has 8 heteroatoms. The predicted molar refractivity (Wildman–Crippen MR) is 126 cm³/mol. The third kappa shape index (κ3) is 6.31. The first-order chi connectivity index (χ1) is 16.1. The van der Waals surface area contributed by atoms with Gasteiger partial charge in [-0.05, 0) is 53.9 Å². The van der Waals surface area contributed by atoms with Gasteiger partial charge in [-0.3, -0.25) is 9.52 Å². The Morgan fingerprint density at radius 2 is 2.00 bits per heavy atom. The molecule has 1 N–H and O–H groups in total. The van der Waals surface area contributed by atoms with Crippen molar-refractivity contribution < 1.29 is 14.3 Å². The molecule has 1 aliphatic rings. The Morgan fingerprint density at radius 3 is 2.73 bits per heavy atom. The summed E-state index contributed by atoms with van der Waals surface area (Å²) in [5.74, 6) is 1.20. The zero-order valence-electron chi connectivity index (χ0n) is 18.3. The van der Waals surface area contributed by atoms with Crippen LogP contribution in [0.5, 0.6) is 5.75 Å². The highest BCUT2D eigenvalue weighted by Crippen LogP contribution is 2.27. The summed E-state index contributed by atoms with van der Waals surface area (Å²) in [5.41, 5.74) is 3.16. The van der Waals surface area contributed by atoms with Gasteiger partial charge in [0.05, 0.1) is 24.5 Å². The quantitative estimate of drug-likeness (QED) is 0.525. The van der Waals surface area contributed by atoms with Crippen LogP contribution in [0.3, 0.4) is 0 Å². The fourth-order valence-electron chi connectivity index (χ4n) is 3.49. The molecule has 0 saturated carbocycles. The van der Waals surface area contributed by atoms with Crippen LogP contribution >= 0.6 is 11.9 Å². The largest absolute Gasteiger partial charge is 0.489 e. The molecule has 0 bridgehead atoms. The number of carbonyl (C=O) groups is 1. The standard InChI is InChI=1S/C25H24N4O3S/c1-17(30)29-33-22-5-2-18(3-6-22)14-25-27-11-8-23(28-25)19-4-7-24(20(15-19)16-26)32-21-9-12-31-13-10-21/h2-8,11,15,21H,9-10,12-14H2,1H3,(H,29,30). The van der Waals surface area contributed by atoms with E-state index in [-0.39, 0.29) is 12.0 Å². The monoisotopic (exact) mass is 460 g/mol. The first kappa shape index (κ1) is 22.8. The number of hydrogen-bond donors (Lipinski definition) is 1. The molecule has 1 fully saturated rings. The summed E-state index contributed by atoms with van der Waals surface area (Å²) >= 11 is 1.29. The minimum Gasteiger partial charge on any atom is -0.489 e. The van der Waals surface area contributed by atoms with Crippen LogP contribution in [0.25, 0.3) is 11.3 Å². The van der Waals surface area contributed by atoms with E-state index in [0.29, 0.717) is 36.8 Å². The molecule has 4 rings (SSSR count). The van der Waals surface area contributed by atoms with E-state index in [2.05, 4.69) is 15.8 Å². The Labute approximate surface area is 197 Å². The van der Waals surface area contributed by atoms with Gasteiger partial charge in [-0.2, -0.15) is 5.26 Å². The molecule has 33 heavy (non-hydrogen) atoms. The smallest absolute Gasteiger partial charge is 0.226 e. The molecule has 2 aromatic carbocycles. The molecule has 1 saturated heterocycles. The van der Waals surface area contributed by atoms with Gasteiger partial charge in [0.15, 0.2) is 0 Å². The van der Waals surface area contributed by atoms with Crippen molar-refractivity contribution in [1.29, 1.82) is 5.26 Å². The van der Waals surface area contributed by atoms with Gasteiger partial charge in [0, 0.05) is 42.8 Å². The maximum absolute atomic E-state index is 11.0. The molecule has 0 radical (unpaired) electrons. The summed E-state index contributed by atoms with van der Waals surface area (Å²) in [6, 6.07) is 17.6. The van der Waals surface area contributed by atoms with Gasteiger partial charge in [-0.25, -0.2) is 9.97 Å². The Kier molecular flexibility index (Phi) is 7.55. The van der Waals surface area contributed by atoms with E-state index >= 15 is 0 Å². The van der Waals surface area contributed by atoms with Crippen LogP contribution in [0.15, 0.2) is 59.6 Å². The second kappa shape index (κ2) is 10.9. The van der Waals surface area contributed by atoms with Crippen LogP contribution in [-0.4, -0.2) is 35.2 Å². The number of rotatable bonds is 7. The fraction of sp³-hybridized carbons (Fsp3) is 0.280. The molecule has 3 aromatic rings. The van der Waals surface area contributed by atoms with Crippen LogP contribution < -0.4 is 9.46 Å². The molecule has 168 valence electrons. The van der Waals surface area contributed by atoms with E-state index in [1.165, 1.54) is 18.9 Å². The lowest BCUT2D eigenvalue weighted by Crippen LogP contribution is -2.26. The van der Waals surface area contributed by atoms with Crippen LogP contribution in [0.4, 0.5) is 0 Å². The molecular weight excluding hydrogens is 436 g/mol. The van der Waals surface area contributed by atoms with E-state index in [1.807, 2.05) is 48.5 Å². The van der Waals surface area contributed by atoms with Gasteiger partial charge in [-0.15, -0.1) is 0 Å². The van der Waals surface area contributed by atoms with Gasteiger partial charge in [-0.1, -0.05) is 12.1 Å². The van der Waals surface area contributed by atoms with E-state index < -0.39 is 0 Å². The summed E-state index contributed by atoms with van der Waals surface area (Å²) < 4.78 is 14.1. The van der Waals surface area contributed by atoms with Crippen molar-refractivity contribution in [2.45, 2.75) is 37.2 Å². The third-order valence-corrected chi connectivity index (χ3v) is 6.06. The second-order valence-electron chi connectivity index (χ2n) is 7.69. The highest BCUT2D eigenvalue weighted by Gasteiger charge is 2.17. The summed E-state index contributed by atoms with van der Waals surface area (Å²) in [4.78, 5) is 21.1. The SMILES string of the molecule is CC(=O)NSc1ccc(Cc2nccc(-c3ccc(OC4CCOCC4)c(C#N)c3)n2)cc1. The lowest BCUT2D eigenvalue weighted by molar-refractivity contribution is -0.117. The molecule has 1 amide bonds. The summed E-state index contributed by atoms with van der Waals surface area (Å²) in [5, 5.41) is 9.65. The van der Waals surface area contributed by atoms with Crippen LogP contribution in [-0.2, 0) is 16.0 Å². The average Bonchev–Trinajstić information content (AvgIpc) is 2.84. The lowest BCUT2D eigenvalue weighted by Gasteiger charge is -2.23. The van der Waals surface area contributed by atoms with E-state index in [0.717, 1.165) is 34.6 Å². The molecule has 0 atom stereocenters. The number of nitrogens with one attached hydrogen (secondary N) is 1. The van der Waals surface area contributed by atoms with Crippen molar-refractivity contribution in [2.24, 2.45) is 0 Å². The first-order valence-corrected chi connectivity index (χ1v) is 11.6. The van der Waals surface area contributed by atoms with Crippen LogP contribution in [0.1, 0.15) is 36.7 Å². The number of hydrogen-bond acceptors (Lipinski definition) is 7. The molecule has 2 heterocycles. The van der Waals surface area contributed by atoms with Crippen molar-refractivity contribution in [2.75, 3.05) is 13.2 Å². The van der Waals surface area contributed by atoms with E-state index in [4.69, 9.17) is 14.5 Å². The maximum atomic E-state index is 11.0. The Morgan fingerprint density at radius 1 is 1.21 bits per heavy atom. The van der Waals surface area contributed by atoms with E-state index in [9.17, 15) is 10.1 Å². The zero-order valence-corrected chi connectivity index (χ0v) is 19.1. The van der Waals surface area contributed by atoms with Crippen LogP contribution in [0.2, 0.25) is 0 Å². The molecule has 7 nitrogen and oxygen atoms in total. The molecular formula is C25H24N4O3S. The molecule has 1 aliphatic heterocycles. The van der Waals surface area contributed by atoms with Crippen molar-refractivity contribution >= 4 is 17.9 Å². The van der Waals surface area contributed by atoms with Gasteiger partial charge in [0.2, 0.25) is 5.91 Å². The molecule has 0 spiro atoms. The Balaban J connectivity index is 1.47. The van der Waals surface area contributed by atoms with Crippen molar-refractivity contribution in [1.82, 2.24) is 14.7 Å². The van der Waals surface area contributed by atoms with Gasteiger partial charge in [0.25, 0.3) is 0 Å². The predicted octanol–water partition coefficient (Wildman–Crippen LogP) is 4.31. The van der Waals surface area contributed by atoms with Gasteiger partial charge >= 0.3 is 0 Å². The van der Waals surface area contributed by atoms with E-state index in [1.54, 1.807) is 6.20 Å². The number of ether oxygens (including phenoxy) is 2. The lowest BCUT2D eigenvalue weighted by atomic mass is 10.1. The second-order valence-corrected chi connectivity index (χ2v) is 8.57. The third-order valence-electron chi connectivity index (χ3n) is 5.16. The number of nitriles is 1. The highest BCUT2D eigenvalue weighted by atomic mass is 32.2. The number of benzene rings is 2. The Bertz CT molecular complexity index is 1160. The fourth-order valence-corrected chi connectivity index (χ4v) is 4.02. The summed E-state index contributed by atoms with van der Waals surface area (Å²) in [7, 11) is 0. The minimum atomic E-state index is -0.0861. The average molecular weight is 461 g/mol. The normalized spacial score (nSPS) is 13.8. The topological polar surface area (TPSA) is 97.1 Å². The molecule has 0 unspecified atom stereocenters. The number of carbonyl (C=O) groups excluding carboxylic acids is 1. The molecule has 1 aromatic heterocycles. The summed E-state index contributed by atoms with van der Waals surface area (Å²) in [6.45, 7) is 2.86. The number of nitrogens with zero attached hydrogens (tertiary/aromatic N) is 3. The maximum Gasteiger partial charge on any atom is 0.226 e. The zero-order chi connectivity index (χ0) is 23.0. The van der Waals surface area contributed by atoms with Crippen molar-refractivity contribution in [3.8, 4) is 23.1 Å². The van der Waals surface area contributed by atoms with Gasteiger partial charge in [0.1, 0.15) is 23.7 Å². The van der Waals surface area contributed by atoms with Crippen LogP contribution in [0, 0.1) is 11.3 Å². The Hall–Kier alpha value is -3.41. The highest BCUT2D eigenvalue weighted by molar-refractivity contribution is 7.98. The number of amides is 1. The molecule has 0 aliphatic carbocycles. The minimum absolute atomic E-state index is 0.0744. The van der Waals surface area contributed by atoms with Crippen molar-refractivity contribution in [3.05, 3.63) is 71.7 Å². The first-order valence-electron chi connectivity index (χ1n) is 10.7.